The Labute approximate surface area is 165 Å². The molecular formula is C19H22F3N5O2. The maximum Gasteiger partial charge on any atom is 0.433 e. The van der Waals surface area contributed by atoms with Crippen molar-refractivity contribution in [1.82, 2.24) is 24.8 Å². The van der Waals surface area contributed by atoms with Crippen LogP contribution in [0.5, 0.6) is 0 Å². The first kappa shape index (κ1) is 19.7. The second kappa shape index (κ2) is 7.00. The normalized spacial score (nSPS) is 22.7. The molecule has 10 heteroatoms. The Kier molecular flexibility index (Phi) is 4.74. The van der Waals surface area contributed by atoms with Crippen LogP contribution in [0.4, 0.5) is 13.2 Å². The van der Waals surface area contributed by atoms with Crippen molar-refractivity contribution in [2.75, 3.05) is 6.54 Å². The van der Waals surface area contributed by atoms with Gasteiger partial charge in [-0.2, -0.15) is 18.3 Å². The van der Waals surface area contributed by atoms with E-state index in [1.165, 1.54) is 6.07 Å². The molecule has 0 bridgehead atoms. The van der Waals surface area contributed by atoms with Crippen LogP contribution in [0.2, 0.25) is 0 Å². The predicted octanol–water partition coefficient (Wildman–Crippen LogP) is 2.81. The number of alkyl halides is 3. The van der Waals surface area contributed by atoms with Crippen LogP contribution in [0.15, 0.2) is 12.1 Å². The number of nitrogens with one attached hydrogen (secondary N) is 1. The van der Waals surface area contributed by atoms with Gasteiger partial charge in [-0.3, -0.25) is 9.59 Å². The molecule has 2 fully saturated rings. The van der Waals surface area contributed by atoms with E-state index in [-0.39, 0.29) is 23.4 Å². The Balaban J connectivity index is 1.71. The summed E-state index contributed by atoms with van der Waals surface area (Å²) in [5.41, 5.74) is -0.0354. The number of nitrogens with zero attached hydrogens (tertiary/aromatic N) is 4. The molecule has 0 aliphatic carbocycles. The van der Waals surface area contributed by atoms with Crippen molar-refractivity contribution in [1.29, 1.82) is 0 Å². The van der Waals surface area contributed by atoms with Crippen molar-refractivity contribution in [2.45, 2.75) is 63.7 Å². The van der Waals surface area contributed by atoms with Crippen LogP contribution in [0.25, 0.3) is 5.65 Å². The molecule has 0 radical (unpaired) electrons. The van der Waals surface area contributed by atoms with Gasteiger partial charge >= 0.3 is 6.18 Å². The molecule has 29 heavy (non-hydrogen) atoms. The number of halogens is 3. The molecule has 2 aliphatic rings. The number of amides is 2. The van der Waals surface area contributed by atoms with E-state index in [0.29, 0.717) is 37.2 Å². The standard InChI is InChI=1S/C19H22F3N5O2/c1-10(2)12-8-15(19(20,21)22)27-16(23-12)9-13(25-27)14-4-3-7-26(14)18(29)11-5-6-17(28)24-11/h8-11,14H,3-7H2,1-2H3,(H,24,28)/t11-,14-/m1/s1. The number of hydrogen-bond donors (Lipinski definition) is 1. The number of aromatic nitrogens is 3. The van der Waals surface area contributed by atoms with Crippen molar-refractivity contribution in [3.63, 3.8) is 0 Å². The zero-order chi connectivity index (χ0) is 20.9. The van der Waals surface area contributed by atoms with Crippen molar-refractivity contribution in [3.8, 4) is 0 Å². The number of hydrogen-bond acceptors (Lipinski definition) is 4. The highest BCUT2D eigenvalue weighted by Gasteiger charge is 2.39. The SMILES string of the molecule is CC(C)c1cc(C(F)(F)F)n2nc([C@H]3CCCN3C(=O)[C@H]3CCC(=O)N3)cc2n1. The predicted molar refractivity (Wildman–Crippen MR) is 96.9 cm³/mol. The summed E-state index contributed by atoms with van der Waals surface area (Å²) in [6.07, 6.45) is -2.51. The van der Waals surface area contributed by atoms with E-state index < -0.39 is 24.0 Å². The lowest BCUT2D eigenvalue weighted by atomic mass is 10.1. The number of likely N-dealkylation sites (tertiary alicyclic amines) is 1. The Morgan fingerprint density at radius 3 is 2.66 bits per heavy atom. The Bertz CT molecular complexity index is 969. The van der Waals surface area contributed by atoms with Gasteiger partial charge in [-0.1, -0.05) is 13.8 Å². The van der Waals surface area contributed by atoms with Crippen molar-refractivity contribution < 1.29 is 22.8 Å². The van der Waals surface area contributed by atoms with Gasteiger partial charge in [-0.05, 0) is 31.2 Å². The molecule has 7 nitrogen and oxygen atoms in total. The summed E-state index contributed by atoms with van der Waals surface area (Å²) in [7, 11) is 0. The zero-order valence-electron chi connectivity index (χ0n) is 16.2. The van der Waals surface area contributed by atoms with Crippen LogP contribution >= 0.6 is 0 Å². The monoisotopic (exact) mass is 409 g/mol. The van der Waals surface area contributed by atoms with Gasteiger partial charge < -0.3 is 10.2 Å². The molecule has 0 spiro atoms. The van der Waals surface area contributed by atoms with Crippen LogP contribution < -0.4 is 5.32 Å². The van der Waals surface area contributed by atoms with Gasteiger partial charge in [0.15, 0.2) is 5.65 Å². The summed E-state index contributed by atoms with van der Waals surface area (Å²) in [5, 5.41) is 6.85. The van der Waals surface area contributed by atoms with Crippen LogP contribution in [0.1, 0.15) is 68.6 Å². The van der Waals surface area contributed by atoms with E-state index in [2.05, 4.69) is 15.4 Å². The lowest BCUT2D eigenvalue weighted by molar-refractivity contribution is -0.143. The van der Waals surface area contributed by atoms with E-state index in [0.717, 1.165) is 17.0 Å². The molecule has 4 heterocycles. The van der Waals surface area contributed by atoms with Gasteiger partial charge in [0.25, 0.3) is 0 Å². The topological polar surface area (TPSA) is 79.6 Å². The number of fused-ring (bicyclic) bond motifs is 1. The van der Waals surface area contributed by atoms with Gasteiger partial charge in [-0.25, -0.2) is 9.50 Å². The first-order chi connectivity index (χ1) is 13.6. The molecule has 2 aliphatic heterocycles. The maximum absolute atomic E-state index is 13.6. The highest BCUT2D eigenvalue weighted by Crippen LogP contribution is 2.35. The van der Waals surface area contributed by atoms with Gasteiger partial charge in [-0.15, -0.1) is 0 Å². The van der Waals surface area contributed by atoms with Crippen LogP contribution in [0, 0.1) is 0 Å². The number of rotatable bonds is 3. The second-order valence-corrected chi connectivity index (χ2v) is 7.91. The Morgan fingerprint density at radius 2 is 2.03 bits per heavy atom. The molecule has 156 valence electrons. The Hall–Kier alpha value is -2.65. The van der Waals surface area contributed by atoms with E-state index in [1.54, 1.807) is 18.7 Å². The fourth-order valence-corrected chi connectivity index (χ4v) is 4.01. The summed E-state index contributed by atoms with van der Waals surface area (Å²) >= 11 is 0. The summed E-state index contributed by atoms with van der Waals surface area (Å²) in [5.74, 6) is -0.538. The fraction of sp³-hybridized carbons (Fsp3) is 0.579. The molecule has 2 aromatic heterocycles. The Morgan fingerprint density at radius 1 is 1.28 bits per heavy atom. The molecule has 0 unspecified atom stereocenters. The lowest BCUT2D eigenvalue weighted by Crippen LogP contribution is -2.44. The summed E-state index contributed by atoms with van der Waals surface area (Å²) in [4.78, 5) is 30.2. The largest absolute Gasteiger partial charge is 0.433 e. The zero-order valence-corrected chi connectivity index (χ0v) is 16.2. The molecule has 2 aromatic rings. The third kappa shape index (κ3) is 3.56. The van der Waals surface area contributed by atoms with E-state index in [4.69, 9.17) is 0 Å². The minimum Gasteiger partial charge on any atom is -0.344 e. The average molecular weight is 409 g/mol. The van der Waals surface area contributed by atoms with Crippen LogP contribution in [-0.4, -0.2) is 43.9 Å². The van der Waals surface area contributed by atoms with E-state index in [9.17, 15) is 22.8 Å². The minimum absolute atomic E-state index is 0.118. The minimum atomic E-state index is -4.58. The average Bonchev–Trinajstić information content (AvgIpc) is 3.37. The molecule has 1 N–H and O–H groups in total. The summed E-state index contributed by atoms with van der Waals surface area (Å²) in [6, 6.07) is 1.56. The highest BCUT2D eigenvalue weighted by molar-refractivity contribution is 5.91. The number of carbonyl (C=O) groups is 2. The summed E-state index contributed by atoms with van der Waals surface area (Å²) < 4.78 is 41.6. The molecule has 2 amide bonds. The first-order valence-corrected chi connectivity index (χ1v) is 9.73. The van der Waals surface area contributed by atoms with Gasteiger partial charge in [0, 0.05) is 24.7 Å². The molecule has 2 saturated heterocycles. The van der Waals surface area contributed by atoms with Crippen LogP contribution in [0.3, 0.4) is 0 Å². The number of carbonyl (C=O) groups excluding carboxylic acids is 2. The van der Waals surface area contributed by atoms with Crippen LogP contribution in [-0.2, 0) is 15.8 Å². The third-order valence-corrected chi connectivity index (χ3v) is 5.52. The maximum atomic E-state index is 13.6. The van der Waals surface area contributed by atoms with E-state index >= 15 is 0 Å². The molecule has 4 rings (SSSR count). The third-order valence-electron chi connectivity index (χ3n) is 5.52. The van der Waals surface area contributed by atoms with Crippen molar-refractivity contribution >= 4 is 17.5 Å². The quantitative estimate of drug-likeness (QED) is 0.846. The van der Waals surface area contributed by atoms with Gasteiger partial charge in [0.1, 0.15) is 11.7 Å². The lowest BCUT2D eigenvalue weighted by Gasteiger charge is -2.26. The molecular weight excluding hydrogens is 387 g/mol. The smallest absolute Gasteiger partial charge is 0.344 e. The summed E-state index contributed by atoms with van der Waals surface area (Å²) in [6.45, 7) is 4.05. The molecule has 0 aromatic carbocycles. The van der Waals surface area contributed by atoms with Gasteiger partial charge in [0.05, 0.1) is 11.7 Å². The second-order valence-electron chi connectivity index (χ2n) is 7.91. The fourth-order valence-electron chi connectivity index (χ4n) is 4.01. The molecule has 0 saturated carbocycles. The first-order valence-electron chi connectivity index (χ1n) is 9.73. The van der Waals surface area contributed by atoms with E-state index in [1.807, 2.05) is 0 Å². The van der Waals surface area contributed by atoms with Crippen molar-refractivity contribution in [3.05, 3.63) is 29.2 Å². The molecule has 2 atom stereocenters. The van der Waals surface area contributed by atoms with Gasteiger partial charge in [0.2, 0.25) is 11.8 Å². The highest BCUT2D eigenvalue weighted by atomic mass is 19.4. The van der Waals surface area contributed by atoms with Crippen molar-refractivity contribution in [2.24, 2.45) is 0 Å².